The van der Waals surface area contributed by atoms with Gasteiger partial charge in [0.1, 0.15) is 0 Å². The molecule has 0 aromatic carbocycles. The molecule has 0 heterocycles. The summed E-state index contributed by atoms with van der Waals surface area (Å²) in [6.45, 7) is 4.70. The van der Waals surface area contributed by atoms with Gasteiger partial charge in [0, 0.05) is 0 Å². The molecular weight excluding hydrogens is 396 g/mol. The van der Waals surface area contributed by atoms with Crippen LogP contribution in [0.5, 0.6) is 0 Å². The second-order valence-electron chi connectivity index (χ2n) is 3.11. The molecule has 0 nitrogen and oxygen atoms in total. The molecule has 0 fully saturated rings. The van der Waals surface area contributed by atoms with E-state index in [9.17, 15) is 0 Å². The molecule has 0 rings (SSSR count). The van der Waals surface area contributed by atoms with Crippen molar-refractivity contribution in [2.75, 3.05) is 13.3 Å². The summed E-state index contributed by atoms with van der Waals surface area (Å²) in [5.41, 5.74) is 0. The van der Waals surface area contributed by atoms with Crippen LogP contribution in [0.2, 0.25) is 0 Å². The van der Waals surface area contributed by atoms with E-state index in [1.165, 1.54) is 0 Å². The Hall–Kier alpha value is 5.16. The monoisotopic (exact) mass is 416 g/mol. The minimum absolute atomic E-state index is 0.178. The molecule has 11 atom stereocenters. The molecule has 0 radical (unpaired) electrons. The van der Waals surface area contributed by atoms with E-state index in [0.717, 1.165) is 7.96 Å². The van der Waals surface area contributed by atoms with Gasteiger partial charge in [-0.3, -0.25) is 0 Å². The first-order chi connectivity index (χ1) is 6.21. The quantitative estimate of drug-likeness (QED) is 0.427. The zero-order valence-electron chi connectivity index (χ0n) is 8.25. The van der Waals surface area contributed by atoms with Gasteiger partial charge in [-0.1, -0.05) is 0 Å². The predicted molar refractivity (Wildman–Crippen MR) is 114 cm³/mol. The van der Waals surface area contributed by atoms with E-state index in [-0.39, 0.29) is 27.9 Å². The molecular formula is C2H20P12. The second kappa shape index (κ2) is 9.16. The van der Waals surface area contributed by atoms with Crippen LogP contribution in [0.3, 0.4) is 0 Å². The van der Waals surface area contributed by atoms with Crippen LogP contribution < -0.4 is 0 Å². The van der Waals surface area contributed by atoms with E-state index in [1.54, 1.807) is 0 Å². The van der Waals surface area contributed by atoms with Crippen LogP contribution in [0.25, 0.3) is 0 Å². The Balaban J connectivity index is 4.38. The molecule has 14 heavy (non-hydrogen) atoms. The van der Waals surface area contributed by atoms with Gasteiger partial charge in [0.25, 0.3) is 0 Å². The number of hydrogen-bond donors (Lipinski definition) is 0. The molecule has 11 unspecified atom stereocenters. The van der Waals surface area contributed by atoms with E-state index in [2.05, 4.69) is 66.9 Å². The van der Waals surface area contributed by atoms with Gasteiger partial charge in [-0.25, -0.2) is 0 Å². The molecule has 0 spiro atoms. The molecule has 0 aromatic rings. The SMILES string of the molecule is C[PH](C)(P)P(P)P(P)P(P)P(P)PP. The van der Waals surface area contributed by atoms with Gasteiger partial charge in [-0.2, -0.15) is 0 Å². The molecule has 0 bridgehead atoms. The molecule has 88 valence electrons. The van der Waals surface area contributed by atoms with E-state index >= 15 is 0 Å². The van der Waals surface area contributed by atoms with Gasteiger partial charge in [0.2, 0.25) is 0 Å². The zero-order valence-corrected chi connectivity index (χ0v) is 20.8. The van der Waals surface area contributed by atoms with Crippen LogP contribution in [0.1, 0.15) is 0 Å². The van der Waals surface area contributed by atoms with Gasteiger partial charge >= 0.3 is 109 Å². The Morgan fingerprint density at radius 3 is 1.71 bits per heavy atom. The first-order valence-corrected chi connectivity index (χ1v) is 26.9. The maximum atomic E-state index is 3.17. The van der Waals surface area contributed by atoms with Crippen LogP contribution in [-0.2, 0) is 0 Å². The summed E-state index contributed by atoms with van der Waals surface area (Å²) in [4.78, 5) is 0. The van der Waals surface area contributed by atoms with Gasteiger partial charge < -0.3 is 0 Å². The second-order valence-corrected chi connectivity index (χ2v) is 53.6. The summed E-state index contributed by atoms with van der Waals surface area (Å²) >= 11 is 0. The van der Waals surface area contributed by atoms with E-state index in [1.807, 2.05) is 0 Å². The average molecular weight is 416 g/mol. The van der Waals surface area contributed by atoms with Crippen LogP contribution >= 0.6 is 96.1 Å². The van der Waals surface area contributed by atoms with Crippen LogP contribution in [0, 0.1) is 0 Å². The third kappa shape index (κ3) is 7.08. The van der Waals surface area contributed by atoms with E-state index in [4.69, 9.17) is 0 Å². The fourth-order valence-corrected chi connectivity index (χ4v) is 93.3. The standard InChI is InChI=1S/C2H20P12/c1-14(2,8)13(7)12(6)11(5)10(4)9-3/h9,14H,3-8H2,1-2H3. The molecule has 0 aromatic heterocycles. The van der Waals surface area contributed by atoms with Crippen LogP contribution in [0.15, 0.2) is 0 Å². The zero-order chi connectivity index (χ0) is 11.5. The van der Waals surface area contributed by atoms with Crippen molar-refractivity contribution in [3.05, 3.63) is 0 Å². The van der Waals surface area contributed by atoms with Crippen molar-refractivity contribution in [2.24, 2.45) is 0 Å². The van der Waals surface area contributed by atoms with Crippen LogP contribution in [0.4, 0.5) is 0 Å². The maximum absolute atomic E-state index is 3.17. The average Bonchev–Trinajstić information content (AvgIpc) is 2.11. The molecule has 0 aliphatic rings. The third-order valence-corrected chi connectivity index (χ3v) is 86.6. The van der Waals surface area contributed by atoms with Gasteiger partial charge in [-0.15, -0.1) is 0 Å². The molecule has 0 saturated carbocycles. The number of hydrogen-bond acceptors (Lipinski definition) is 0. The fraction of sp³-hybridized carbons (Fsp3) is 1.00. The summed E-state index contributed by atoms with van der Waals surface area (Å²) in [6, 6.07) is 0. The summed E-state index contributed by atoms with van der Waals surface area (Å²) in [7, 11) is 19.7. The van der Waals surface area contributed by atoms with Gasteiger partial charge in [0.05, 0.1) is 0 Å². The normalized spacial score (nSPS) is 23.4. The Morgan fingerprint density at radius 2 is 1.43 bits per heavy atom. The van der Waals surface area contributed by atoms with Gasteiger partial charge in [-0.05, 0) is 0 Å². The Bertz CT molecular complexity index is 160. The molecule has 12 heteroatoms. The van der Waals surface area contributed by atoms with Crippen molar-refractivity contribution in [3.8, 4) is 0 Å². The molecule has 0 aliphatic heterocycles. The number of rotatable bonds is 5. The molecule has 0 aliphatic carbocycles. The Morgan fingerprint density at radius 1 is 1.00 bits per heavy atom. The fourth-order valence-electron chi connectivity index (χ4n) is 0.521. The van der Waals surface area contributed by atoms with E-state index in [0.29, 0.717) is 0 Å². The first-order valence-electron chi connectivity index (χ1n) is 3.66. The van der Waals surface area contributed by atoms with Crippen LogP contribution in [-0.4, -0.2) is 13.3 Å². The Labute approximate surface area is 109 Å². The van der Waals surface area contributed by atoms with Crippen molar-refractivity contribution in [1.29, 1.82) is 0 Å². The van der Waals surface area contributed by atoms with Crippen molar-refractivity contribution in [1.82, 2.24) is 0 Å². The van der Waals surface area contributed by atoms with Crippen molar-refractivity contribution in [3.63, 3.8) is 0 Å². The summed E-state index contributed by atoms with van der Waals surface area (Å²) < 4.78 is 0. The molecule has 0 N–H and O–H groups in total. The first kappa shape index (κ1) is 19.2. The van der Waals surface area contributed by atoms with Crippen molar-refractivity contribution in [2.45, 2.75) is 0 Å². The predicted octanol–water partition coefficient (Wildman–Crippen LogP) is 6.92. The minimum atomic E-state index is -0.992. The van der Waals surface area contributed by atoms with Gasteiger partial charge in [0.15, 0.2) is 0 Å². The third-order valence-electron chi connectivity index (χ3n) is 1.37. The van der Waals surface area contributed by atoms with Crippen molar-refractivity contribution < 1.29 is 0 Å². The topological polar surface area (TPSA) is 0 Å². The Kier molecular flexibility index (Phi) is 12.5. The molecule has 0 amide bonds. The van der Waals surface area contributed by atoms with Crippen molar-refractivity contribution >= 4 is 96.1 Å². The van der Waals surface area contributed by atoms with E-state index < -0.39 is 6.64 Å². The summed E-state index contributed by atoms with van der Waals surface area (Å²) in [6.07, 6.45) is 0. The summed E-state index contributed by atoms with van der Waals surface area (Å²) in [5, 5.41) is 0. The summed E-state index contributed by atoms with van der Waals surface area (Å²) in [5.74, 6) is 0. The molecule has 0 saturated heterocycles.